The summed E-state index contributed by atoms with van der Waals surface area (Å²) in [7, 11) is 0. The number of hydrogen-bond donors (Lipinski definition) is 2. The molecule has 2 rings (SSSR count). The Bertz CT molecular complexity index is 344. The Morgan fingerprint density at radius 2 is 2.00 bits per heavy atom. The average Bonchev–Trinajstić information content (AvgIpc) is 2.77. The third kappa shape index (κ3) is 1.58. The summed E-state index contributed by atoms with van der Waals surface area (Å²) in [5.41, 5.74) is 0. The summed E-state index contributed by atoms with van der Waals surface area (Å²) in [6, 6.07) is -0.259. The van der Waals surface area contributed by atoms with Crippen LogP contribution in [0, 0.1) is 30.1 Å². The highest BCUT2D eigenvalue weighted by molar-refractivity contribution is 5.93. The minimum Gasteiger partial charge on any atom is -0.481 e. The van der Waals surface area contributed by atoms with E-state index in [2.05, 4.69) is 5.32 Å². The normalized spacial score (nSPS) is 37.3. The number of carbonyl (C=O) groups is 2. The zero-order valence-electron chi connectivity index (χ0n) is 8.27. The van der Waals surface area contributed by atoms with Crippen LogP contribution in [0.3, 0.4) is 0 Å². The van der Waals surface area contributed by atoms with Crippen LogP contribution in [-0.2, 0) is 9.59 Å². The molecule has 4 nitrogen and oxygen atoms in total. The van der Waals surface area contributed by atoms with E-state index in [0.717, 1.165) is 19.3 Å². The molecular formula is C11H13NO3. The molecule has 0 aliphatic heterocycles. The molecule has 0 heterocycles. The Balaban J connectivity index is 2.12. The molecule has 0 aromatic rings. The zero-order valence-corrected chi connectivity index (χ0v) is 8.27. The van der Waals surface area contributed by atoms with E-state index in [1.807, 2.05) is 5.92 Å². The molecule has 2 bridgehead atoms. The number of fused-ring (bicyclic) bond motifs is 2. The van der Waals surface area contributed by atoms with Crippen molar-refractivity contribution in [3.05, 3.63) is 0 Å². The van der Waals surface area contributed by atoms with Crippen LogP contribution >= 0.6 is 0 Å². The van der Waals surface area contributed by atoms with Gasteiger partial charge in [-0.2, -0.15) is 0 Å². The van der Waals surface area contributed by atoms with E-state index in [1.54, 1.807) is 0 Å². The van der Waals surface area contributed by atoms with E-state index in [9.17, 15) is 9.59 Å². The lowest BCUT2D eigenvalue weighted by molar-refractivity contribution is -0.144. The van der Waals surface area contributed by atoms with E-state index in [0.29, 0.717) is 5.92 Å². The fourth-order valence-corrected chi connectivity index (χ4v) is 3.05. The number of carboxylic acids is 1. The molecule has 4 unspecified atom stereocenters. The fourth-order valence-electron chi connectivity index (χ4n) is 3.05. The van der Waals surface area contributed by atoms with Crippen molar-refractivity contribution in [2.45, 2.75) is 25.3 Å². The predicted octanol–water partition coefficient (Wildman–Crippen LogP) is 0.235. The topological polar surface area (TPSA) is 66.4 Å². The number of carbonyl (C=O) groups excluding carboxylic acids is 1. The maximum atomic E-state index is 11.1. The Morgan fingerprint density at radius 1 is 1.33 bits per heavy atom. The number of carboxylic acid groups (broad SMARTS) is 1. The molecule has 4 heteroatoms. The van der Waals surface area contributed by atoms with Gasteiger partial charge < -0.3 is 10.4 Å². The third-order valence-electron chi connectivity index (χ3n) is 3.63. The monoisotopic (exact) mass is 207 g/mol. The van der Waals surface area contributed by atoms with Gasteiger partial charge in [-0.15, -0.1) is 6.42 Å². The Morgan fingerprint density at radius 3 is 2.60 bits per heavy atom. The Kier molecular flexibility index (Phi) is 2.39. The molecule has 2 aliphatic rings. The second kappa shape index (κ2) is 3.58. The second-order valence-corrected chi connectivity index (χ2v) is 4.34. The number of rotatable bonds is 2. The van der Waals surface area contributed by atoms with E-state index >= 15 is 0 Å². The largest absolute Gasteiger partial charge is 0.481 e. The molecular weight excluding hydrogens is 194 g/mol. The first-order valence-corrected chi connectivity index (χ1v) is 5.13. The first-order chi connectivity index (χ1) is 7.13. The lowest BCUT2D eigenvalue weighted by Gasteiger charge is -2.27. The van der Waals surface area contributed by atoms with Crippen LogP contribution in [0.1, 0.15) is 19.3 Å². The lowest BCUT2D eigenvalue weighted by atomic mass is 9.84. The van der Waals surface area contributed by atoms with Gasteiger partial charge in [0.2, 0.25) is 0 Å². The summed E-state index contributed by atoms with van der Waals surface area (Å²) < 4.78 is 0. The van der Waals surface area contributed by atoms with Crippen molar-refractivity contribution < 1.29 is 14.7 Å². The summed E-state index contributed by atoms with van der Waals surface area (Å²) >= 11 is 0. The van der Waals surface area contributed by atoms with Gasteiger partial charge in [-0.1, -0.05) is 0 Å². The number of aliphatic carboxylic acids is 1. The van der Waals surface area contributed by atoms with Crippen LogP contribution < -0.4 is 5.32 Å². The smallest absolute Gasteiger partial charge is 0.308 e. The predicted molar refractivity (Wildman–Crippen MR) is 52.7 cm³/mol. The molecule has 2 saturated carbocycles. The number of terminal acetylenes is 1. The van der Waals surface area contributed by atoms with E-state index < -0.39 is 17.8 Å². The van der Waals surface area contributed by atoms with Crippen molar-refractivity contribution >= 4 is 11.9 Å². The van der Waals surface area contributed by atoms with Gasteiger partial charge in [0.1, 0.15) is 0 Å². The minimum atomic E-state index is -0.815. The number of hydrogen-bond acceptors (Lipinski definition) is 2. The maximum absolute atomic E-state index is 11.1. The van der Waals surface area contributed by atoms with Crippen LogP contribution in [0.4, 0.5) is 0 Å². The fraction of sp³-hybridized carbons (Fsp3) is 0.636. The molecule has 1 amide bonds. The SMILES string of the molecule is C#CC(=O)NC1C2CCC(C2)C1C(=O)O. The van der Waals surface area contributed by atoms with Gasteiger partial charge in [0.25, 0.3) is 5.91 Å². The van der Waals surface area contributed by atoms with Crippen LogP contribution in [0.25, 0.3) is 0 Å². The molecule has 0 spiro atoms. The highest BCUT2D eigenvalue weighted by atomic mass is 16.4. The van der Waals surface area contributed by atoms with Gasteiger partial charge >= 0.3 is 5.97 Å². The molecule has 80 valence electrons. The van der Waals surface area contributed by atoms with Crippen LogP contribution in [0.5, 0.6) is 0 Å². The van der Waals surface area contributed by atoms with Gasteiger partial charge in [0.15, 0.2) is 0 Å². The number of amides is 1. The van der Waals surface area contributed by atoms with Crippen LogP contribution in [0.15, 0.2) is 0 Å². The van der Waals surface area contributed by atoms with Gasteiger partial charge in [-0.05, 0) is 37.0 Å². The first kappa shape index (κ1) is 10.0. The van der Waals surface area contributed by atoms with Crippen molar-refractivity contribution in [1.82, 2.24) is 5.32 Å². The average molecular weight is 207 g/mol. The Labute approximate surface area is 88.0 Å². The summed E-state index contributed by atoms with van der Waals surface area (Å²) in [5.74, 6) is 0.726. The quantitative estimate of drug-likeness (QED) is 0.637. The third-order valence-corrected chi connectivity index (χ3v) is 3.63. The standard InChI is InChI=1S/C11H13NO3/c1-2-8(13)12-10-7-4-3-6(5-7)9(10)11(14)15/h1,6-7,9-10H,3-5H2,(H,12,13)(H,14,15). The molecule has 0 aromatic carbocycles. The number of nitrogens with one attached hydrogen (secondary N) is 1. The summed E-state index contributed by atoms with van der Waals surface area (Å²) in [4.78, 5) is 22.1. The maximum Gasteiger partial charge on any atom is 0.308 e. The van der Waals surface area contributed by atoms with Crippen molar-refractivity contribution in [1.29, 1.82) is 0 Å². The zero-order chi connectivity index (χ0) is 11.0. The minimum absolute atomic E-state index is 0.218. The van der Waals surface area contributed by atoms with E-state index in [1.165, 1.54) is 0 Å². The summed E-state index contributed by atoms with van der Waals surface area (Å²) in [5, 5.41) is 11.7. The van der Waals surface area contributed by atoms with Gasteiger partial charge in [-0.3, -0.25) is 9.59 Å². The van der Waals surface area contributed by atoms with E-state index in [-0.39, 0.29) is 12.0 Å². The summed E-state index contributed by atoms with van der Waals surface area (Å²) in [6.07, 6.45) is 7.84. The van der Waals surface area contributed by atoms with Crippen molar-refractivity contribution in [3.8, 4) is 12.3 Å². The molecule has 0 aromatic heterocycles. The second-order valence-electron chi connectivity index (χ2n) is 4.34. The summed E-state index contributed by atoms with van der Waals surface area (Å²) in [6.45, 7) is 0. The van der Waals surface area contributed by atoms with Crippen LogP contribution in [0.2, 0.25) is 0 Å². The highest BCUT2D eigenvalue weighted by Crippen LogP contribution is 2.48. The van der Waals surface area contributed by atoms with Gasteiger partial charge in [0, 0.05) is 6.04 Å². The van der Waals surface area contributed by atoms with Gasteiger partial charge in [0.05, 0.1) is 5.92 Å². The highest BCUT2D eigenvalue weighted by Gasteiger charge is 2.51. The van der Waals surface area contributed by atoms with Crippen molar-refractivity contribution in [2.75, 3.05) is 0 Å². The molecule has 2 N–H and O–H groups in total. The molecule has 2 fully saturated rings. The molecule has 4 atom stereocenters. The Hall–Kier alpha value is -1.50. The van der Waals surface area contributed by atoms with Crippen molar-refractivity contribution in [2.24, 2.45) is 17.8 Å². The van der Waals surface area contributed by atoms with Gasteiger partial charge in [-0.25, -0.2) is 0 Å². The van der Waals surface area contributed by atoms with E-state index in [4.69, 9.17) is 11.5 Å². The van der Waals surface area contributed by atoms with Crippen molar-refractivity contribution in [3.63, 3.8) is 0 Å². The molecule has 15 heavy (non-hydrogen) atoms. The molecule has 2 aliphatic carbocycles. The first-order valence-electron chi connectivity index (χ1n) is 5.13. The van der Waals surface area contributed by atoms with Crippen LogP contribution in [-0.4, -0.2) is 23.0 Å². The molecule has 0 radical (unpaired) electrons. The lowest BCUT2D eigenvalue weighted by Crippen LogP contribution is -2.46. The molecule has 0 saturated heterocycles.